The van der Waals surface area contributed by atoms with E-state index in [-0.39, 0.29) is 0 Å². The lowest BCUT2D eigenvalue weighted by molar-refractivity contribution is 0.440. The van der Waals surface area contributed by atoms with Crippen molar-refractivity contribution >= 4 is 12.2 Å². The maximum atomic E-state index is 9.52. The summed E-state index contributed by atoms with van der Waals surface area (Å²) in [5, 5.41) is 11.9. The predicted octanol–water partition coefficient (Wildman–Crippen LogP) is 1.71. The Kier molecular flexibility index (Phi) is 2.16. The Balaban J connectivity index is 2.84. The Hall–Kier alpha value is -1.50. The van der Waals surface area contributed by atoms with Gasteiger partial charge in [-0.25, -0.2) is 0 Å². The van der Waals surface area contributed by atoms with Gasteiger partial charge in [-0.2, -0.15) is 0 Å². The van der Waals surface area contributed by atoms with Crippen LogP contribution >= 0.6 is 0 Å². The normalized spacial score (nSPS) is 14.6. The van der Waals surface area contributed by atoms with E-state index in [4.69, 9.17) is 0 Å². The number of allylic oxidation sites excluding steroid dienone is 2. The molecule has 1 aliphatic rings. The summed E-state index contributed by atoms with van der Waals surface area (Å²) in [6.45, 7) is 4.17. The molecule has 0 radical (unpaired) electrons. The van der Waals surface area contributed by atoms with Crippen LogP contribution in [0.5, 0.6) is 0 Å². The molecule has 1 N–H and O–H groups in total. The lowest BCUT2D eigenvalue weighted by atomic mass is 10.1. The van der Waals surface area contributed by atoms with Crippen LogP contribution in [0.15, 0.2) is 24.0 Å². The minimum Gasteiger partial charge on any atom is -0.508 e. The monoisotopic (exact) mass is 186 g/mol. The molecule has 0 unspecified atom stereocenters. The molecule has 0 fully saturated rings. The van der Waals surface area contributed by atoms with Crippen LogP contribution in [0.25, 0.3) is 12.2 Å². The molecule has 1 aliphatic carbocycles. The Labute approximate surface area is 83.7 Å². The number of benzene rings is 1. The van der Waals surface area contributed by atoms with Crippen molar-refractivity contribution in [3.63, 3.8) is 0 Å². The van der Waals surface area contributed by atoms with Crippen LogP contribution < -0.4 is 10.4 Å². The Bertz CT molecular complexity index is 507. The van der Waals surface area contributed by atoms with Gasteiger partial charge in [-0.05, 0) is 48.4 Å². The Morgan fingerprint density at radius 2 is 1.93 bits per heavy atom. The molecule has 1 aromatic carbocycles. The molecular formula is C13H14O. The summed E-state index contributed by atoms with van der Waals surface area (Å²) in [6.07, 6.45) is 6.62. The molecule has 0 aliphatic heterocycles. The van der Waals surface area contributed by atoms with E-state index >= 15 is 0 Å². The van der Waals surface area contributed by atoms with Gasteiger partial charge in [-0.15, -0.1) is 0 Å². The Morgan fingerprint density at radius 1 is 1.14 bits per heavy atom. The fraction of sp³-hybridized carbons (Fsp3) is 0.231. The van der Waals surface area contributed by atoms with Gasteiger partial charge in [0.25, 0.3) is 0 Å². The molecule has 2 rings (SSSR count). The average Bonchev–Trinajstić information content (AvgIpc) is 2.27. The van der Waals surface area contributed by atoms with E-state index in [2.05, 4.69) is 32.1 Å². The van der Waals surface area contributed by atoms with Crippen molar-refractivity contribution in [3.8, 4) is 0 Å². The summed E-state index contributed by atoms with van der Waals surface area (Å²) < 4.78 is 0. The van der Waals surface area contributed by atoms with Gasteiger partial charge in [0.2, 0.25) is 0 Å². The SMILES string of the molecule is Cc1cc(C)c2c(c1)=CCC=C(O)C=2. The number of hydrogen-bond acceptors (Lipinski definition) is 1. The van der Waals surface area contributed by atoms with Crippen LogP contribution in [0.2, 0.25) is 0 Å². The molecule has 1 aromatic rings. The number of aryl methyl sites for hydroxylation is 2. The third-order valence-corrected chi connectivity index (χ3v) is 2.52. The van der Waals surface area contributed by atoms with Crippen LogP contribution in [0.1, 0.15) is 17.5 Å². The zero-order valence-electron chi connectivity index (χ0n) is 8.54. The minimum atomic E-state index is 0.368. The summed E-state index contributed by atoms with van der Waals surface area (Å²) in [7, 11) is 0. The zero-order chi connectivity index (χ0) is 10.1. The van der Waals surface area contributed by atoms with Crippen molar-refractivity contribution in [2.75, 3.05) is 0 Å². The first-order valence-corrected chi connectivity index (χ1v) is 4.85. The first-order valence-electron chi connectivity index (χ1n) is 4.85. The van der Waals surface area contributed by atoms with E-state index < -0.39 is 0 Å². The Morgan fingerprint density at radius 3 is 2.71 bits per heavy atom. The van der Waals surface area contributed by atoms with Gasteiger partial charge < -0.3 is 5.11 Å². The zero-order valence-corrected chi connectivity index (χ0v) is 8.54. The third-order valence-electron chi connectivity index (χ3n) is 2.52. The van der Waals surface area contributed by atoms with Crippen LogP contribution in [0.4, 0.5) is 0 Å². The lowest BCUT2D eigenvalue weighted by Gasteiger charge is -1.99. The highest BCUT2D eigenvalue weighted by molar-refractivity contribution is 5.50. The van der Waals surface area contributed by atoms with E-state index in [9.17, 15) is 5.11 Å². The average molecular weight is 186 g/mol. The van der Waals surface area contributed by atoms with E-state index in [0.717, 1.165) is 11.6 Å². The molecule has 14 heavy (non-hydrogen) atoms. The summed E-state index contributed by atoms with van der Waals surface area (Å²) in [4.78, 5) is 0. The summed E-state index contributed by atoms with van der Waals surface area (Å²) >= 11 is 0. The predicted molar refractivity (Wildman–Crippen MR) is 59.4 cm³/mol. The van der Waals surface area contributed by atoms with E-state index in [1.165, 1.54) is 16.3 Å². The van der Waals surface area contributed by atoms with Gasteiger partial charge in [0.05, 0.1) is 0 Å². The lowest BCUT2D eigenvalue weighted by Crippen LogP contribution is -2.27. The van der Waals surface area contributed by atoms with Crippen LogP contribution in [0.3, 0.4) is 0 Å². The fourth-order valence-electron chi connectivity index (χ4n) is 1.89. The van der Waals surface area contributed by atoms with Crippen molar-refractivity contribution in [1.29, 1.82) is 0 Å². The quantitative estimate of drug-likeness (QED) is 0.654. The van der Waals surface area contributed by atoms with Crippen LogP contribution in [-0.2, 0) is 0 Å². The number of hydrogen-bond donors (Lipinski definition) is 1. The highest BCUT2D eigenvalue weighted by atomic mass is 16.3. The van der Waals surface area contributed by atoms with E-state index in [0.29, 0.717) is 5.76 Å². The second kappa shape index (κ2) is 3.33. The number of rotatable bonds is 0. The number of aliphatic hydroxyl groups is 1. The summed E-state index contributed by atoms with van der Waals surface area (Å²) in [5.41, 5.74) is 2.49. The van der Waals surface area contributed by atoms with Gasteiger partial charge in [0.15, 0.2) is 0 Å². The molecule has 0 saturated heterocycles. The second-order valence-electron chi connectivity index (χ2n) is 3.80. The van der Waals surface area contributed by atoms with Crippen LogP contribution in [-0.4, -0.2) is 5.11 Å². The molecule has 72 valence electrons. The van der Waals surface area contributed by atoms with E-state index in [1.54, 1.807) is 0 Å². The molecule has 0 bridgehead atoms. The van der Waals surface area contributed by atoms with Gasteiger partial charge in [0, 0.05) is 0 Å². The minimum absolute atomic E-state index is 0.368. The van der Waals surface area contributed by atoms with Crippen molar-refractivity contribution in [1.82, 2.24) is 0 Å². The largest absolute Gasteiger partial charge is 0.508 e. The van der Waals surface area contributed by atoms with Crippen LogP contribution in [0, 0.1) is 13.8 Å². The fourth-order valence-corrected chi connectivity index (χ4v) is 1.89. The molecule has 0 heterocycles. The van der Waals surface area contributed by atoms with Gasteiger partial charge in [-0.3, -0.25) is 0 Å². The summed E-state index contributed by atoms with van der Waals surface area (Å²) in [6, 6.07) is 4.30. The van der Waals surface area contributed by atoms with Gasteiger partial charge >= 0.3 is 0 Å². The molecule has 0 amide bonds. The maximum Gasteiger partial charge on any atom is 0.112 e. The molecule has 0 atom stereocenters. The second-order valence-corrected chi connectivity index (χ2v) is 3.80. The standard InChI is InChI=1S/C13H14O/c1-9-6-10(2)13-8-12(14)5-3-4-11(13)7-9/h4-8,14H,3H2,1-2H3. The van der Waals surface area contributed by atoms with E-state index in [1.807, 2.05) is 12.2 Å². The van der Waals surface area contributed by atoms with Crippen molar-refractivity contribution in [2.45, 2.75) is 20.3 Å². The van der Waals surface area contributed by atoms with Gasteiger partial charge in [0.1, 0.15) is 5.76 Å². The first-order chi connectivity index (χ1) is 6.66. The van der Waals surface area contributed by atoms with Crippen molar-refractivity contribution < 1.29 is 5.11 Å². The molecule has 0 spiro atoms. The highest BCUT2D eigenvalue weighted by Gasteiger charge is 1.98. The van der Waals surface area contributed by atoms with Crippen molar-refractivity contribution in [3.05, 3.63) is 45.5 Å². The number of fused-ring (bicyclic) bond motifs is 1. The number of aliphatic hydroxyl groups excluding tert-OH is 1. The van der Waals surface area contributed by atoms with Crippen molar-refractivity contribution in [2.24, 2.45) is 0 Å². The van der Waals surface area contributed by atoms with Gasteiger partial charge in [-0.1, -0.05) is 23.8 Å². The summed E-state index contributed by atoms with van der Waals surface area (Å²) in [5.74, 6) is 0.368. The highest BCUT2D eigenvalue weighted by Crippen LogP contribution is 2.00. The molecule has 0 saturated carbocycles. The molecular weight excluding hydrogens is 172 g/mol. The molecule has 1 heteroatoms. The maximum absolute atomic E-state index is 9.52. The topological polar surface area (TPSA) is 20.2 Å². The smallest absolute Gasteiger partial charge is 0.112 e. The third kappa shape index (κ3) is 1.58. The first kappa shape index (κ1) is 9.07. The molecule has 1 nitrogen and oxygen atoms in total. The molecule has 0 aromatic heterocycles.